The summed E-state index contributed by atoms with van der Waals surface area (Å²) in [4.78, 5) is 10.5. The van der Waals surface area contributed by atoms with Crippen LogP contribution in [0.4, 0.5) is 5.88 Å². The molecule has 1 rings (SSSR count). The van der Waals surface area contributed by atoms with E-state index >= 15 is 0 Å². The summed E-state index contributed by atoms with van der Waals surface area (Å²) in [6.07, 6.45) is 0. The van der Waals surface area contributed by atoms with E-state index in [2.05, 4.69) is 5.32 Å². The van der Waals surface area contributed by atoms with Crippen LogP contribution in [0.1, 0.15) is 10.6 Å². The molecule has 0 aromatic carbocycles. The molecule has 0 aliphatic carbocycles. The molecule has 0 saturated heterocycles. The van der Waals surface area contributed by atoms with E-state index < -0.39 is 5.97 Å². The van der Waals surface area contributed by atoms with Gasteiger partial charge in [-0.15, -0.1) is 0 Å². The number of ether oxygens (including phenoxy) is 1. The van der Waals surface area contributed by atoms with Gasteiger partial charge in [0.1, 0.15) is 0 Å². The number of rotatable bonds is 6. The van der Waals surface area contributed by atoms with Gasteiger partial charge in [-0.25, -0.2) is 4.79 Å². The number of hydrogen-bond donors (Lipinski definition) is 3. The number of aromatic carboxylic acids is 1. The lowest BCUT2D eigenvalue weighted by molar-refractivity contribution is 0.0663. The fraction of sp³-hybridized carbons (Fsp3) is 0.444. The maximum Gasteiger partial charge on any atom is 0.371 e. The van der Waals surface area contributed by atoms with E-state index in [0.717, 1.165) is 0 Å². The molecule has 1 atom stereocenters. The lowest BCUT2D eigenvalue weighted by Crippen LogP contribution is -2.28. The second-order valence-electron chi connectivity index (χ2n) is 2.95. The highest BCUT2D eigenvalue weighted by Gasteiger charge is 2.12. The lowest BCUT2D eigenvalue weighted by atomic mass is 10.3. The number of aliphatic hydroxyl groups excluding tert-OH is 1. The molecule has 0 radical (unpaired) electrons. The van der Waals surface area contributed by atoms with Crippen molar-refractivity contribution in [1.82, 2.24) is 0 Å². The SMILES string of the molecule is COCC(CO)Nc1ccc(C(=O)O)o1. The monoisotopic (exact) mass is 215 g/mol. The van der Waals surface area contributed by atoms with Crippen LogP contribution in [-0.2, 0) is 4.74 Å². The molecule has 1 heterocycles. The fourth-order valence-corrected chi connectivity index (χ4v) is 1.07. The Kier molecular flexibility index (Phi) is 4.14. The molecule has 0 aliphatic heterocycles. The van der Waals surface area contributed by atoms with E-state index in [0.29, 0.717) is 12.5 Å². The predicted octanol–water partition coefficient (Wildman–Crippen LogP) is 0.397. The van der Waals surface area contributed by atoms with Gasteiger partial charge in [0.25, 0.3) is 0 Å². The molecule has 6 heteroatoms. The number of carboxylic acid groups (broad SMARTS) is 1. The van der Waals surface area contributed by atoms with E-state index in [1.165, 1.54) is 19.2 Å². The molecular formula is C9H13NO5. The van der Waals surface area contributed by atoms with E-state index in [1.54, 1.807) is 0 Å². The maximum absolute atomic E-state index is 10.5. The number of anilines is 1. The van der Waals surface area contributed by atoms with Gasteiger partial charge >= 0.3 is 5.97 Å². The van der Waals surface area contributed by atoms with Gasteiger partial charge in [0.2, 0.25) is 5.76 Å². The zero-order valence-electron chi connectivity index (χ0n) is 8.27. The second-order valence-corrected chi connectivity index (χ2v) is 2.95. The third kappa shape index (κ3) is 3.26. The van der Waals surface area contributed by atoms with Crippen molar-refractivity contribution in [3.8, 4) is 0 Å². The largest absolute Gasteiger partial charge is 0.475 e. The van der Waals surface area contributed by atoms with Crippen molar-refractivity contribution in [2.75, 3.05) is 25.6 Å². The molecule has 0 bridgehead atoms. The Hall–Kier alpha value is -1.53. The normalized spacial score (nSPS) is 12.4. The molecular weight excluding hydrogens is 202 g/mol. The van der Waals surface area contributed by atoms with Crippen molar-refractivity contribution < 1.29 is 24.2 Å². The molecule has 0 saturated carbocycles. The zero-order valence-corrected chi connectivity index (χ0v) is 8.27. The van der Waals surface area contributed by atoms with Crippen LogP contribution in [0, 0.1) is 0 Å². The van der Waals surface area contributed by atoms with Crippen molar-refractivity contribution in [1.29, 1.82) is 0 Å². The Bertz CT molecular complexity index is 322. The Morgan fingerprint density at radius 2 is 2.40 bits per heavy atom. The summed E-state index contributed by atoms with van der Waals surface area (Å²) in [5.41, 5.74) is 0. The summed E-state index contributed by atoms with van der Waals surface area (Å²) in [5.74, 6) is -0.981. The van der Waals surface area contributed by atoms with Gasteiger partial charge < -0.3 is 24.7 Å². The standard InChI is InChI=1S/C9H13NO5/c1-14-5-6(4-11)10-8-3-2-7(15-8)9(12)13/h2-3,6,10-11H,4-5H2,1H3,(H,12,13). The van der Waals surface area contributed by atoms with Gasteiger partial charge in [-0.3, -0.25) is 0 Å². The number of carboxylic acids is 1. The molecule has 15 heavy (non-hydrogen) atoms. The van der Waals surface area contributed by atoms with Crippen molar-refractivity contribution in [2.24, 2.45) is 0 Å². The molecule has 0 fully saturated rings. The highest BCUT2D eigenvalue weighted by Crippen LogP contribution is 2.14. The van der Waals surface area contributed by atoms with Gasteiger partial charge in [0.15, 0.2) is 5.88 Å². The number of nitrogens with one attached hydrogen (secondary N) is 1. The average molecular weight is 215 g/mol. The van der Waals surface area contributed by atoms with Gasteiger partial charge in [-0.2, -0.15) is 0 Å². The molecule has 1 unspecified atom stereocenters. The smallest absolute Gasteiger partial charge is 0.371 e. The number of furan rings is 1. The third-order valence-corrected chi connectivity index (χ3v) is 1.75. The summed E-state index contributed by atoms with van der Waals surface area (Å²) in [7, 11) is 1.51. The van der Waals surface area contributed by atoms with Crippen molar-refractivity contribution >= 4 is 11.9 Å². The maximum atomic E-state index is 10.5. The quantitative estimate of drug-likeness (QED) is 0.636. The van der Waals surface area contributed by atoms with Gasteiger partial charge in [-0.1, -0.05) is 0 Å². The summed E-state index contributed by atoms with van der Waals surface area (Å²) >= 11 is 0. The highest BCUT2D eigenvalue weighted by atomic mass is 16.5. The first-order valence-corrected chi connectivity index (χ1v) is 4.36. The van der Waals surface area contributed by atoms with E-state index in [1.807, 2.05) is 0 Å². The summed E-state index contributed by atoms with van der Waals surface area (Å²) in [6.45, 7) is 0.177. The second kappa shape index (κ2) is 5.38. The van der Waals surface area contributed by atoms with Gasteiger partial charge in [-0.05, 0) is 6.07 Å². The van der Waals surface area contributed by atoms with Crippen LogP contribution in [-0.4, -0.2) is 42.5 Å². The van der Waals surface area contributed by atoms with Crippen LogP contribution in [0.2, 0.25) is 0 Å². The van der Waals surface area contributed by atoms with Crippen molar-refractivity contribution in [2.45, 2.75) is 6.04 Å². The molecule has 0 amide bonds. The lowest BCUT2D eigenvalue weighted by Gasteiger charge is -2.13. The van der Waals surface area contributed by atoms with Crippen LogP contribution >= 0.6 is 0 Å². The molecule has 84 valence electrons. The number of aliphatic hydroxyl groups is 1. The van der Waals surface area contributed by atoms with Crippen LogP contribution in [0.15, 0.2) is 16.5 Å². The fourth-order valence-electron chi connectivity index (χ4n) is 1.07. The van der Waals surface area contributed by atoms with Gasteiger partial charge in [0.05, 0.1) is 19.3 Å². The Morgan fingerprint density at radius 1 is 1.67 bits per heavy atom. The topological polar surface area (TPSA) is 91.9 Å². The minimum Gasteiger partial charge on any atom is -0.475 e. The van der Waals surface area contributed by atoms with Crippen molar-refractivity contribution in [3.05, 3.63) is 17.9 Å². The molecule has 3 N–H and O–H groups in total. The number of hydrogen-bond acceptors (Lipinski definition) is 5. The van der Waals surface area contributed by atoms with E-state index in [-0.39, 0.29) is 18.4 Å². The number of methoxy groups -OCH3 is 1. The van der Waals surface area contributed by atoms with Crippen molar-refractivity contribution in [3.63, 3.8) is 0 Å². The summed E-state index contributed by atoms with van der Waals surface area (Å²) < 4.78 is 9.79. The van der Waals surface area contributed by atoms with Crippen LogP contribution in [0.3, 0.4) is 0 Å². The molecule has 6 nitrogen and oxygen atoms in total. The predicted molar refractivity (Wildman–Crippen MR) is 52.0 cm³/mol. The van der Waals surface area contributed by atoms with E-state index in [4.69, 9.17) is 19.4 Å². The first kappa shape index (κ1) is 11.5. The Balaban J connectivity index is 2.59. The van der Waals surface area contributed by atoms with Crippen LogP contribution in [0.5, 0.6) is 0 Å². The molecule has 1 aromatic heterocycles. The first-order chi connectivity index (χ1) is 7.17. The van der Waals surface area contributed by atoms with E-state index in [9.17, 15) is 4.79 Å². The van der Waals surface area contributed by atoms with Crippen LogP contribution in [0.25, 0.3) is 0 Å². The average Bonchev–Trinajstić information content (AvgIpc) is 2.65. The highest BCUT2D eigenvalue weighted by molar-refractivity contribution is 5.84. The molecule has 0 aliphatic rings. The third-order valence-electron chi connectivity index (χ3n) is 1.75. The summed E-state index contributed by atoms with van der Waals surface area (Å²) in [6, 6.07) is 2.51. The van der Waals surface area contributed by atoms with Gasteiger partial charge in [0, 0.05) is 13.2 Å². The minimum absolute atomic E-state index is 0.128. The molecule has 0 spiro atoms. The summed E-state index contributed by atoms with van der Waals surface area (Å²) in [5, 5.41) is 20.3. The zero-order chi connectivity index (χ0) is 11.3. The first-order valence-electron chi connectivity index (χ1n) is 4.36. The minimum atomic E-state index is -1.13. The Labute approximate surface area is 86.5 Å². The Morgan fingerprint density at radius 3 is 2.87 bits per heavy atom. The molecule has 1 aromatic rings. The van der Waals surface area contributed by atoms with Crippen LogP contribution < -0.4 is 5.32 Å². The number of carbonyl (C=O) groups is 1.